The first kappa shape index (κ1) is 26.6. The average molecular weight is 409 g/mol. The minimum Gasteiger partial charge on any atom is -0.462 e. The number of carbonyl (C=O) groups is 3. The second-order valence-corrected chi connectivity index (χ2v) is 6.78. The van der Waals surface area contributed by atoms with Crippen LogP contribution in [0.25, 0.3) is 0 Å². The molecule has 0 aliphatic carbocycles. The number of rotatable bonds is 14. The highest BCUT2D eigenvalue weighted by Crippen LogP contribution is 2.23. The summed E-state index contributed by atoms with van der Waals surface area (Å²) in [7, 11) is 0. The number of allylic oxidation sites excluding steroid dienone is 3. The molecule has 0 amide bonds. The minimum absolute atomic E-state index is 0.0780. The van der Waals surface area contributed by atoms with E-state index in [-0.39, 0.29) is 12.5 Å². The van der Waals surface area contributed by atoms with Gasteiger partial charge in [-0.2, -0.15) is 0 Å². The highest BCUT2D eigenvalue weighted by Gasteiger charge is 2.33. The van der Waals surface area contributed by atoms with Gasteiger partial charge in [-0.3, -0.25) is 0 Å². The highest BCUT2D eigenvalue weighted by atomic mass is 16.6. The first-order valence-corrected chi connectivity index (χ1v) is 10.4. The van der Waals surface area contributed by atoms with Gasteiger partial charge in [0.05, 0.1) is 6.61 Å². The van der Waals surface area contributed by atoms with E-state index in [1.165, 1.54) is 18.2 Å². The Morgan fingerprint density at radius 2 is 1.34 bits per heavy atom. The molecular weight excluding hydrogens is 372 g/mol. The standard InChI is InChI=1S/C23H36O6/c1-6-10-11-12-16-19(17-27-20(24)13-7-2)23(29-22(26)15-9-4)18(5)28-21(25)14-8-3/h7-9,13-15,18-19,23H,6,10-12,16-17H2,1-5H3/b13-7-,14-8-,15-9-. The molecule has 6 heteroatoms. The maximum Gasteiger partial charge on any atom is 0.330 e. The molecule has 6 nitrogen and oxygen atoms in total. The molecule has 29 heavy (non-hydrogen) atoms. The topological polar surface area (TPSA) is 78.9 Å². The van der Waals surface area contributed by atoms with Gasteiger partial charge in [-0.15, -0.1) is 0 Å². The molecule has 0 rings (SSSR count). The van der Waals surface area contributed by atoms with Crippen molar-refractivity contribution in [1.29, 1.82) is 0 Å². The van der Waals surface area contributed by atoms with E-state index in [1.807, 2.05) is 0 Å². The quantitative estimate of drug-likeness (QED) is 0.180. The number of hydrogen-bond acceptors (Lipinski definition) is 6. The van der Waals surface area contributed by atoms with Gasteiger partial charge >= 0.3 is 17.9 Å². The molecule has 0 heterocycles. The predicted octanol–water partition coefficient (Wildman–Crippen LogP) is 4.69. The normalized spacial score (nSPS) is 14.8. The fraction of sp³-hybridized carbons (Fsp3) is 0.609. The van der Waals surface area contributed by atoms with E-state index in [2.05, 4.69) is 6.92 Å². The lowest BCUT2D eigenvalue weighted by molar-refractivity contribution is -0.168. The van der Waals surface area contributed by atoms with Crippen LogP contribution in [0, 0.1) is 5.92 Å². The summed E-state index contributed by atoms with van der Waals surface area (Å²) in [6.45, 7) is 9.05. The molecule has 0 aromatic carbocycles. The van der Waals surface area contributed by atoms with Crippen molar-refractivity contribution in [2.45, 2.75) is 78.9 Å². The van der Waals surface area contributed by atoms with E-state index >= 15 is 0 Å². The van der Waals surface area contributed by atoms with Crippen molar-refractivity contribution in [3.63, 3.8) is 0 Å². The van der Waals surface area contributed by atoms with E-state index in [4.69, 9.17) is 14.2 Å². The summed E-state index contributed by atoms with van der Waals surface area (Å²) in [5, 5.41) is 0. The van der Waals surface area contributed by atoms with E-state index in [1.54, 1.807) is 45.9 Å². The Morgan fingerprint density at radius 3 is 1.90 bits per heavy atom. The summed E-state index contributed by atoms with van der Waals surface area (Å²) in [5.41, 5.74) is 0. The summed E-state index contributed by atoms with van der Waals surface area (Å²) in [6, 6.07) is 0. The van der Waals surface area contributed by atoms with Crippen molar-refractivity contribution in [2.75, 3.05) is 6.61 Å². The summed E-state index contributed by atoms with van der Waals surface area (Å²) in [6.07, 6.45) is 12.1. The van der Waals surface area contributed by atoms with Crippen LogP contribution in [0.15, 0.2) is 36.5 Å². The monoisotopic (exact) mass is 408 g/mol. The third-order valence-corrected chi connectivity index (χ3v) is 4.26. The lowest BCUT2D eigenvalue weighted by atomic mass is 9.92. The van der Waals surface area contributed by atoms with Gasteiger partial charge in [0, 0.05) is 24.1 Å². The fourth-order valence-electron chi connectivity index (χ4n) is 2.86. The molecule has 164 valence electrons. The molecule has 0 fully saturated rings. The van der Waals surface area contributed by atoms with E-state index < -0.39 is 30.1 Å². The van der Waals surface area contributed by atoms with Gasteiger partial charge in [-0.1, -0.05) is 50.8 Å². The average Bonchev–Trinajstić information content (AvgIpc) is 2.66. The van der Waals surface area contributed by atoms with Crippen molar-refractivity contribution >= 4 is 17.9 Å². The minimum atomic E-state index is -0.729. The Labute approximate surface area is 175 Å². The molecule has 0 bridgehead atoms. The zero-order valence-corrected chi connectivity index (χ0v) is 18.4. The third kappa shape index (κ3) is 12.7. The number of carbonyl (C=O) groups excluding carboxylic acids is 3. The van der Waals surface area contributed by atoms with Gasteiger partial charge in [0.2, 0.25) is 0 Å². The van der Waals surface area contributed by atoms with Crippen molar-refractivity contribution in [3.05, 3.63) is 36.5 Å². The molecule has 3 atom stereocenters. The van der Waals surface area contributed by atoms with Crippen LogP contribution in [0.2, 0.25) is 0 Å². The van der Waals surface area contributed by atoms with Crippen LogP contribution in [-0.2, 0) is 28.6 Å². The zero-order chi connectivity index (χ0) is 22.1. The smallest absolute Gasteiger partial charge is 0.330 e. The van der Waals surface area contributed by atoms with Crippen molar-refractivity contribution in [1.82, 2.24) is 0 Å². The molecule has 0 spiro atoms. The number of ether oxygens (including phenoxy) is 3. The maximum atomic E-state index is 12.1. The Kier molecular flexibility index (Phi) is 15.2. The summed E-state index contributed by atoms with van der Waals surface area (Å²) < 4.78 is 16.4. The van der Waals surface area contributed by atoms with Gasteiger partial charge < -0.3 is 14.2 Å². The zero-order valence-electron chi connectivity index (χ0n) is 18.4. The van der Waals surface area contributed by atoms with Gasteiger partial charge in [0.25, 0.3) is 0 Å². The van der Waals surface area contributed by atoms with Crippen LogP contribution in [-0.4, -0.2) is 36.7 Å². The van der Waals surface area contributed by atoms with Crippen molar-refractivity contribution < 1.29 is 28.6 Å². The fourth-order valence-corrected chi connectivity index (χ4v) is 2.86. The van der Waals surface area contributed by atoms with E-state index in [9.17, 15) is 14.4 Å². The Hall–Kier alpha value is -2.37. The van der Waals surface area contributed by atoms with E-state index in [0.29, 0.717) is 6.42 Å². The molecule has 0 saturated carbocycles. The molecule has 0 aromatic rings. The van der Waals surface area contributed by atoms with E-state index in [0.717, 1.165) is 25.7 Å². The van der Waals surface area contributed by atoms with Crippen LogP contribution in [0.1, 0.15) is 66.7 Å². The predicted molar refractivity (Wildman–Crippen MR) is 113 cm³/mol. The first-order valence-electron chi connectivity index (χ1n) is 10.4. The lowest BCUT2D eigenvalue weighted by Crippen LogP contribution is -2.40. The van der Waals surface area contributed by atoms with Crippen LogP contribution < -0.4 is 0 Å². The Balaban J connectivity index is 5.45. The second-order valence-electron chi connectivity index (χ2n) is 6.78. The molecule has 0 aliphatic rings. The summed E-state index contributed by atoms with van der Waals surface area (Å²) in [4.78, 5) is 35.8. The van der Waals surface area contributed by atoms with Crippen molar-refractivity contribution in [3.8, 4) is 0 Å². The van der Waals surface area contributed by atoms with Crippen LogP contribution >= 0.6 is 0 Å². The molecular formula is C23H36O6. The highest BCUT2D eigenvalue weighted by molar-refractivity contribution is 5.83. The SMILES string of the molecule is C/C=C\C(=O)OCC(CCCCCC)C(OC(=O)/C=C\C)C(C)OC(=O)/C=C\C. The molecule has 0 N–H and O–H groups in total. The van der Waals surface area contributed by atoms with Gasteiger partial charge in [-0.25, -0.2) is 14.4 Å². The Bertz CT molecular complexity index is 576. The third-order valence-electron chi connectivity index (χ3n) is 4.26. The molecule has 0 saturated heterocycles. The van der Waals surface area contributed by atoms with Crippen LogP contribution in [0.4, 0.5) is 0 Å². The summed E-state index contributed by atoms with van der Waals surface area (Å²) >= 11 is 0. The maximum absolute atomic E-state index is 12.1. The number of esters is 3. The summed E-state index contributed by atoms with van der Waals surface area (Å²) in [5.74, 6) is -1.78. The Morgan fingerprint density at radius 1 is 0.793 bits per heavy atom. The number of unbranched alkanes of at least 4 members (excludes halogenated alkanes) is 3. The van der Waals surface area contributed by atoms with Crippen molar-refractivity contribution in [2.24, 2.45) is 5.92 Å². The second kappa shape index (κ2) is 16.6. The van der Waals surface area contributed by atoms with Gasteiger partial charge in [-0.05, 0) is 34.1 Å². The van der Waals surface area contributed by atoms with Crippen LogP contribution in [0.3, 0.4) is 0 Å². The number of hydrogen-bond donors (Lipinski definition) is 0. The molecule has 0 radical (unpaired) electrons. The largest absolute Gasteiger partial charge is 0.462 e. The van der Waals surface area contributed by atoms with Crippen LogP contribution in [0.5, 0.6) is 0 Å². The van der Waals surface area contributed by atoms with Gasteiger partial charge in [0.1, 0.15) is 12.2 Å². The lowest BCUT2D eigenvalue weighted by Gasteiger charge is -2.30. The van der Waals surface area contributed by atoms with Gasteiger partial charge in [0.15, 0.2) is 0 Å². The molecule has 0 aliphatic heterocycles. The first-order chi connectivity index (χ1) is 13.9. The molecule has 3 unspecified atom stereocenters. The molecule has 0 aromatic heterocycles.